The molecule has 5 heteroatoms. The number of rotatable bonds is 4. The monoisotopic (exact) mass is 313 g/mol. The maximum atomic E-state index is 5.05. The lowest BCUT2D eigenvalue weighted by Gasteiger charge is -2.24. The highest BCUT2D eigenvalue weighted by Crippen LogP contribution is 2.34. The SMILES string of the molecule is CCn1nccc1CN1CCC[C@H]1c1nc2c(n1C)CCCC2. The van der Waals surface area contributed by atoms with E-state index in [-0.39, 0.29) is 0 Å². The molecule has 0 saturated carbocycles. The first kappa shape index (κ1) is 14.9. The quantitative estimate of drug-likeness (QED) is 0.871. The largest absolute Gasteiger partial charge is 0.334 e. The van der Waals surface area contributed by atoms with Crippen molar-refractivity contribution in [2.75, 3.05) is 6.54 Å². The first-order valence-electron chi connectivity index (χ1n) is 9.07. The predicted octanol–water partition coefficient (Wildman–Crippen LogP) is 2.85. The Morgan fingerprint density at radius 3 is 2.91 bits per heavy atom. The summed E-state index contributed by atoms with van der Waals surface area (Å²) in [6, 6.07) is 2.62. The molecule has 1 aliphatic heterocycles. The second-order valence-electron chi connectivity index (χ2n) is 6.90. The van der Waals surface area contributed by atoms with Crippen molar-refractivity contribution in [1.82, 2.24) is 24.2 Å². The second kappa shape index (κ2) is 6.11. The van der Waals surface area contributed by atoms with Crippen molar-refractivity contribution in [2.24, 2.45) is 7.05 Å². The molecule has 2 aliphatic rings. The molecule has 4 rings (SSSR count). The molecule has 0 N–H and O–H groups in total. The third-order valence-corrected chi connectivity index (χ3v) is 5.54. The van der Waals surface area contributed by atoms with Crippen molar-refractivity contribution < 1.29 is 0 Å². The molecule has 0 amide bonds. The highest BCUT2D eigenvalue weighted by atomic mass is 15.3. The Morgan fingerprint density at radius 2 is 2.09 bits per heavy atom. The van der Waals surface area contributed by atoms with Gasteiger partial charge in [0.25, 0.3) is 0 Å². The van der Waals surface area contributed by atoms with Gasteiger partial charge in [-0.2, -0.15) is 5.10 Å². The van der Waals surface area contributed by atoms with Crippen LogP contribution in [0.4, 0.5) is 0 Å². The topological polar surface area (TPSA) is 38.9 Å². The minimum absolute atomic E-state index is 0.464. The Kier molecular flexibility index (Phi) is 3.97. The van der Waals surface area contributed by atoms with E-state index in [1.807, 2.05) is 6.20 Å². The first-order chi connectivity index (χ1) is 11.3. The van der Waals surface area contributed by atoms with Crippen LogP contribution in [0, 0.1) is 0 Å². The van der Waals surface area contributed by atoms with Crippen molar-refractivity contribution in [1.29, 1.82) is 0 Å². The number of hydrogen-bond acceptors (Lipinski definition) is 3. The molecule has 1 saturated heterocycles. The summed E-state index contributed by atoms with van der Waals surface area (Å²) in [6.07, 6.45) is 9.39. The van der Waals surface area contributed by atoms with E-state index in [0.717, 1.165) is 19.6 Å². The lowest BCUT2D eigenvalue weighted by Crippen LogP contribution is -2.26. The maximum Gasteiger partial charge on any atom is 0.126 e. The Labute approximate surface area is 138 Å². The van der Waals surface area contributed by atoms with Crippen molar-refractivity contribution >= 4 is 0 Å². The summed E-state index contributed by atoms with van der Waals surface area (Å²) in [5.41, 5.74) is 4.16. The molecular formula is C18H27N5. The van der Waals surface area contributed by atoms with Gasteiger partial charge in [0.05, 0.1) is 17.4 Å². The summed E-state index contributed by atoms with van der Waals surface area (Å²) in [5.74, 6) is 1.29. The van der Waals surface area contributed by atoms with E-state index >= 15 is 0 Å². The highest BCUT2D eigenvalue weighted by molar-refractivity contribution is 5.22. The van der Waals surface area contributed by atoms with Crippen LogP contribution in [-0.2, 0) is 33.0 Å². The summed E-state index contributed by atoms with van der Waals surface area (Å²) >= 11 is 0. The van der Waals surface area contributed by atoms with Crippen LogP contribution in [0.15, 0.2) is 12.3 Å². The van der Waals surface area contributed by atoms with E-state index < -0.39 is 0 Å². The van der Waals surface area contributed by atoms with Crippen LogP contribution >= 0.6 is 0 Å². The molecule has 5 nitrogen and oxygen atoms in total. The number of aryl methyl sites for hydroxylation is 2. The van der Waals surface area contributed by atoms with Crippen molar-refractivity contribution in [3.8, 4) is 0 Å². The molecule has 0 aromatic carbocycles. The van der Waals surface area contributed by atoms with Gasteiger partial charge in [-0.1, -0.05) is 0 Å². The minimum atomic E-state index is 0.464. The van der Waals surface area contributed by atoms with Gasteiger partial charge in [0.1, 0.15) is 5.82 Å². The number of imidazole rings is 1. The molecule has 0 spiro atoms. The number of fused-ring (bicyclic) bond motifs is 1. The van der Waals surface area contributed by atoms with E-state index in [1.165, 1.54) is 61.4 Å². The smallest absolute Gasteiger partial charge is 0.126 e. The number of likely N-dealkylation sites (tertiary alicyclic amines) is 1. The lowest BCUT2D eigenvalue weighted by atomic mass is 10.0. The molecule has 23 heavy (non-hydrogen) atoms. The zero-order valence-corrected chi connectivity index (χ0v) is 14.3. The van der Waals surface area contributed by atoms with Gasteiger partial charge in [-0.05, 0) is 58.1 Å². The average molecular weight is 313 g/mol. The second-order valence-corrected chi connectivity index (χ2v) is 6.90. The molecule has 1 fully saturated rings. The van der Waals surface area contributed by atoms with Gasteiger partial charge in [-0.15, -0.1) is 0 Å². The maximum absolute atomic E-state index is 5.05. The molecule has 2 aromatic rings. The van der Waals surface area contributed by atoms with Gasteiger partial charge in [0.15, 0.2) is 0 Å². The first-order valence-corrected chi connectivity index (χ1v) is 9.07. The molecule has 3 heterocycles. The number of hydrogen-bond donors (Lipinski definition) is 0. The summed E-state index contributed by atoms with van der Waals surface area (Å²) in [6.45, 7) is 5.25. The molecule has 0 bridgehead atoms. The predicted molar refractivity (Wildman–Crippen MR) is 90.1 cm³/mol. The van der Waals surface area contributed by atoms with Crippen LogP contribution in [-0.4, -0.2) is 30.8 Å². The normalized spacial score (nSPS) is 21.7. The van der Waals surface area contributed by atoms with E-state index in [0.29, 0.717) is 6.04 Å². The van der Waals surface area contributed by atoms with Crippen LogP contribution in [0.1, 0.15) is 61.6 Å². The molecule has 0 unspecified atom stereocenters. The van der Waals surface area contributed by atoms with Gasteiger partial charge < -0.3 is 4.57 Å². The Morgan fingerprint density at radius 1 is 1.22 bits per heavy atom. The average Bonchev–Trinajstić information content (AvgIpc) is 3.28. The zero-order valence-electron chi connectivity index (χ0n) is 14.3. The fourth-order valence-electron chi connectivity index (χ4n) is 4.30. The van der Waals surface area contributed by atoms with Crippen LogP contribution in [0.3, 0.4) is 0 Å². The summed E-state index contributed by atoms with van der Waals surface area (Å²) in [4.78, 5) is 7.65. The van der Waals surface area contributed by atoms with Crippen molar-refractivity contribution in [3.05, 3.63) is 35.2 Å². The number of nitrogens with zero attached hydrogens (tertiary/aromatic N) is 5. The van der Waals surface area contributed by atoms with Crippen LogP contribution in [0.25, 0.3) is 0 Å². The molecular weight excluding hydrogens is 286 g/mol. The number of aromatic nitrogens is 4. The van der Waals surface area contributed by atoms with Gasteiger partial charge >= 0.3 is 0 Å². The summed E-state index contributed by atoms with van der Waals surface area (Å²) < 4.78 is 4.51. The lowest BCUT2D eigenvalue weighted by molar-refractivity contribution is 0.229. The third kappa shape index (κ3) is 2.61. The van der Waals surface area contributed by atoms with E-state index in [2.05, 4.69) is 39.3 Å². The van der Waals surface area contributed by atoms with E-state index in [9.17, 15) is 0 Å². The highest BCUT2D eigenvalue weighted by Gasteiger charge is 2.31. The van der Waals surface area contributed by atoms with Gasteiger partial charge in [-0.25, -0.2) is 4.98 Å². The minimum Gasteiger partial charge on any atom is -0.334 e. The van der Waals surface area contributed by atoms with Crippen LogP contribution < -0.4 is 0 Å². The van der Waals surface area contributed by atoms with Crippen molar-refractivity contribution in [2.45, 2.75) is 64.6 Å². The summed E-state index contributed by atoms with van der Waals surface area (Å²) in [5, 5.41) is 4.41. The van der Waals surface area contributed by atoms with Gasteiger partial charge in [0, 0.05) is 32.0 Å². The zero-order chi connectivity index (χ0) is 15.8. The van der Waals surface area contributed by atoms with Crippen LogP contribution in [0.2, 0.25) is 0 Å². The van der Waals surface area contributed by atoms with E-state index in [4.69, 9.17) is 4.98 Å². The Bertz CT molecular complexity index is 684. The molecule has 2 aromatic heterocycles. The third-order valence-electron chi connectivity index (χ3n) is 5.54. The fraction of sp³-hybridized carbons (Fsp3) is 0.667. The standard InChI is InChI=1S/C18H27N5/c1-3-23-14(10-11-19-23)13-22-12-6-9-17(22)18-20-15-7-4-5-8-16(15)21(18)2/h10-11,17H,3-9,12-13H2,1-2H3/t17-/m0/s1. The molecule has 0 radical (unpaired) electrons. The molecule has 1 aliphatic carbocycles. The Hall–Kier alpha value is -1.62. The molecule has 124 valence electrons. The Balaban J connectivity index is 1.59. The van der Waals surface area contributed by atoms with E-state index in [1.54, 1.807) is 0 Å². The molecule has 1 atom stereocenters. The summed E-state index contributed by atoms with van der Waals surface area (Å²) in [7, 11) is 2.22. The van der Waals surface area contributed by atoms with Crippen LogP contribution in [0.5, 0.6) is 0 Å². The van der Waals surface area contributed by atoms with Crippen molar-refractivity contribution in [3.63, 3.8) is 0 Å². The fourth-order valence-corrected chi connectivity index (χ4v) is 4.30. The van der Waals surface area contributed by atoms with Gasteiger partial charge in [0.2, 0.25) is 0 Å². The van der Waals surface area contributed by atoms with Gasteiger partial charge in [-0.3, -0.25) is 9.58 Å².